The van der Waals surface area contributed by atoms with Crippen LogP contribution in [0.4, 0.5) is 8.78 Å². The summed E-state index contributed by atoms with van der Waals surface area (Å²) >= 11 is 0. The molecule has 0 bridgehead atoms. The number of hydrogen-bond donors (Lipinski definition) is 2. The summed E-state index contributed by atoms with van der Waals surface area (Å²) < 4.78 is 50.8. The van der Waals surface area contributed by atoms with Crippen molar-refractivity contribution < 1.29 is 17.2 Å². The van der Waals surface area contributed by atoms with Gasteiger partial charge in [0.2, 0.25) is 10.0 Å². The summed E-state index contributed by atoms with van der Waals surface area (Å²) in [5, 5.41) is 0. The lowest BCUT2D eigenvalue weighted by Gasteiger charge is -2.09. The molecule has 0 aliphatic carbocycles. The molecule has 1 aromatic carbocycles. The molecule has 0 radical (unpaired) electrons. The molecule has 0 aliphatic heterocycles. The fourth-order valence-corrected chi connectivity index (χ4v) is 2.51. The van der Waals surface area contributed by atoms with E-state index in [0.717, 1.165) is 6.07 Å². The van der Waals surface area contributed by atoms with Crippen LogP contribution < -0.4 is 10.5 Å². The average Bonchev–Trinajstić information content (AvgIpc) is 2.29. The molecule has 1 rings (SSSR count). The zero-order valence-corrected chi connectivity index (χ0v) is 10.2. The molecule has 96 valence electrons. The van der Waals surface area contributed by atoms with E-state index in [-0.39, 0.29) is 29.1 Å². The first kappa shape index (κ1) is 14.0. The van der Waals surface area contributed by atoms with Crippen LogP contribution in [-0.4, -0.2) is 21.6 Å². The van der Waals surface area contributed by atoms with Gasteiger partial charge in [0.1, 0.15) is 12.5 Å². The highest BCUT2D eigenvalue weighted by Gasteiger charge is 2.17. The standard InChI is InChI=1S/C10H14F2N2O2S/c1-7-4-9(5-8(6-13)10(7)12)17(15,16)14-3-2-11/h4-5,14H,2-3,6,13H2,1H3. The van der Waals surface area contributed by atoms with Crippen LogP contribution in [0.3, 0.4) is 0 Å². The Morgan fingerprint density at radius 2 is 2.06 bits per heavy atom. The highest BCUT2D eigenvalue weighted by atomic mass is 32.2. The number of benzene rings is 1. The Balaban J connectivity index is 3.19. The predicted molar refractivity (Wildman–Crippen MR) is 60.2 cm³/mol. The van der Waals surface area contributed by atoms with Gasteiger partial charge in [0.15, 0.2) is 0 Å². The number of nitrogens with one attached hydrogen (secondary N) is 1. The molecular weight excluding hydrogens is 250 g/mol. The lowest BCUT2D eigenvalue weighted by molar-refractivity contribution is 0.486. The molecular formula is C10H14F2N2O2S. The topological polar surface area (TPSA) is 72.2 Å². The van der Waals surface area contributed by atoms with Crippen molar-refractivity contribution in [2.75, 3.05) is 13.2 Å². The first-order chi connectivity index (χ1) is 7.92. The zero-order chi connectivity index (χ0) is 13.1. The van der Waals surface area contributed by atoms with E-state index in [1.165, 1.54) is 13.0 Å². The molecule has 4 nitrogen and oxygen atoms in total. The van der Waals surface area contributed by atoms with Crippen molar-refractivity contribution in [1.29, 1.82) is 0 Å². The molecule has 7 heteroatoms. The van der Waals surface area contributed by atoms with Crippen LogP contribution in [0.5, 0.6) is 0 Å². The Hall–Kier alpha value is -1.05. The Bertz CT molecular complexity index is 503. The molecule has 0 heterocycles. The lowest BCUT2D eigenvalue weighted by Crippen LogP contribution is -2.26. The van der Waals surface area contributed by atoms with Crippen molar-refractivity contribution in [1.82, 2.24) is 4.72 Å². The summed E-state index contributed by atoms with van der Waals surface area (Å²) in [7, 11) is -3.81. The van der Waals surface area contributed by atoms with Crippen LogP contribution in [0.1, 0.15) is 11.1 Å². The van der Waals surface area contributed by atoms with E-state index in [1.807, 2.05) is 0 Å². The molecule has 0 atom stereocenters. The van der Waals surface area contributed by atoms with Crippen molar-refractivity contribution in [2.45, 2.75) is 18.4 Å². The van der Waals surface area contributed by atoms with Gasteiger partial charge in [-0.1, -0.05) is 0 Å². The van der Waals surface area contributed by atoms with E-state index in [1.54, 1.807) is 0 Å². The van der Waals surface area contributed by atoms with E-state index in [0.29, 0.717) is 0 Å². The maximum absolute atomic E-state index is 13.5. The molecule has 17 heavy (non-hydrogen) atoms. The molecule has 3 N–H and O–H groups in total. The fourth-order valence-electron chi connectivity index (χ4n) is 1.37. The Morgan fingerprint density at radius 3 is 2.59 bits per heavy atom. The van der Waals surface area contributed by atoms with Gasteiger partial charge >= 0.3 is 0 Å². The van der Waals surface area contributed by atoms with Gasteiger partial charge in [0.05, 0.1) is 4.90 Å². The number of alkyl halides is 1. The molecule has 0 aliphatic rings. The highest BCUT2D eigenvalue weighted by Crippen LogP contribution is 2.18. The van der Waals surface area contributed by atoms with Gasteiger partial charge in [-0.05, 0) is 24.6 Å². The predicted octanol–water partition coefficient (Wildman–Crippen LogP) is 0.841. The molecule has 0 saturated heterocycles. The third-order valence-corrected chi connectivity index (χ3v) is 3.66. The minimum Gasteiger partial charge on any atom is -0.326 e. The van der Waals surface area contributed by atoms with Crippen molar-refractivity contribution >= 4 is 10.0 Å². The maximum atomic E-state index is 13.5. The molecule has 0 spiro atoms. The normalized spacial score (nSPS) is 11.8. The largest absolute Gasteiger partial charge is 0.326 e. The summed E-state index contributed by atoms with van der Waals surface area (Å²) in [6, 6.07) is 2.35. The molecule has 0 fully saturated rings. The van der Waals surface area contributed by atoms with E-state index >= 15 is 0 Å². The molecule has 0 aromatic heterocycles. The summed E-state index contributed by atoms with van der Waals surface area (Å²) in [4.78, 5) is -0.106. The summed E-state index contributed by atoms with van der Waals surface area (Å²) in [6.45, 7) is 0.238. The van der Waals surface area contributed by atoms with Gasteiger partial charge in [-0.25, -0.2) is 21.9 Å². The quantitative estimate of drug-likeness (QED) is 0.827. The van der Waals surface area contributed by atoms with Crippen LogP contribution in [0, 0.1) is 12.7 Å². The maximum Gasteiger partial charge on any atom is 0.240 e. The van der Waals surface area contributed by atoms with E-state index in [2.05, 4.69) is 4.72 Å². The second-order valence-electron chi connectivity index (χ2n) is 3.50. The average molecular weight is 264 g/mol. The number of rotatable bonds is 5. The summed E-state index contributed by atoms with van der Waals surface area (Å²) in [5.74, 6) is -0.517. The second kappa shape index (κ2) is 5.52. The van der Waals surface area contributed by atoms with Crippen LogP contribution in [-0.2, 0) is 16.6 Å². The number of halogens is 2. The second-order valence-corrected chi connectivity index (χ2v) is 5.27. The van der Waals surface area contributed by atoms with Gasteiger partial charge in [0, 0.05) is 18.7 Å². The minimum atomic E-state index is -3.81. The Labute approximate surface area is 98.9 Å². The van der Waals surface area contributed by atoms with Crippen LogP contribution in [0.25, 0.3) is 0 Å². The zero-order valence-electron chi connectivity index (χ0n) is 9.33. The van der Waals surface area contributed by atoms with E-state index < -0.39 is 22.5 Å². The third-order valence-electron chi connectivity index (χ3n) is 2.22. The number of sulfonamides is 1. The van der Waals surface area contributed by atoms with Crippen molar-refractivity contribution in [3.63, 3.8) is 0 Å². The minimum absolute atomic E-state index is 0.0981. The van der Waals surface area contributed by atoms with Crippen LogP contribution >= 0.6 is 0 Å². The Morgan fingerprint density at radius 1 is 1.41 bits per heavy atom. The summed E-state index contributed by atoms with van der Waals surface area (Å²) in [5.41, 5.74) is 5.62. The molecule has 1 aromatic rings. The summed E-state index contributed by atoms with van der Waals surface area (Å²) in [6.07, 6.45) is 0. The molecule has 0 amide bonds. The molecule has 0 saturated carbocycles. The van der Waals surface area contributed by atoms with E-state index in [9.17, 15) is 17.2 Å². The van der Waals surface area contributed by atoms with Crippen LogP contribution in [0.15, 0.2) is 17.0 Å². The van der Waals surface area contributed by atoms with Crippen molar-refractivity contribution in [3.8, 4) is 0 Å². The van der Waals surface area contributed by atoms with Gasteiger partial charge in [-0.2, -0.15) is 0 Å². The van der Waals surface area contributed by atoms with Crippen LogP contribution in [0.2, 0.25) is 0 Å². The highest BCUT2D eigenvalue weighted by molar-refractivity contribution is 7.89. The smallest absolute Gasteiger partial charge is 0.240 e. The van der Waals surface area contributed by atoms with Crippen molar-refractivity contribution in [2.24, 2.45) is 5.73 Å². The number of nitrogens with two attached hydrogens (primary N) is 1. The lowest BCUT2D eigenvalue weighted by atomic mass is 10.1. The van der Waals surface area contributed by atoms with E-state index in [4.69, 9.17) is 5.73 Å². The third kappa shape index (κ3) is 3.21. The molecule has 0 unspecified atom stereocenters. The fraction of sp³-hybridized carbons (Fsp3) is 0.400. The van der Waals surface area contributed by atoms with Gasteiger partial charge in [-0.3, -0.25) is 0 Å². The first-order valence-corrected chi connectivity index (χ1v) is 6.45. The van der Waals surface area contributed by atoms with Gasteiger partial charge < -0.3 is 5.73 Å². The Kier molecular flexibility index (Phi) is 4.55. The first-order valence-electron chi connectivity index (χ1n) is 4.97. The van der Waals surface area contributed by atoms with Gasteiger partial charge in [-0.15, -0.1) is 0 Å². The SMILES string of the molecule is Cc1cc(S(=O)(=O)NCCF)cc(CN)c1F. The monoisotopic (exact) mass is 264 g/mol. The van der Waals surface area contributed by atoms with Gasteiger partial charge in [0.25, 0.3) is 0 Å². The number of aryl methyl sites for hydroxylation is 1. The number of hydrogen-bond acceptors (Lipinski definition) is 3. The van der Waals surface area contributed by atoms with Crippen molar-refractivity contribution in [3.05, 3.63) is 29.1 Å².